The Labute approximate surface area is 160 Å². The Hall–Kier alpha value is -2.29. The minimum atomic E-state index is -3.01. The van der Waals surface area contributed by atoms with Gasteiger partial charge in [0, 0.05) is 0 Å². The highest BCUT2D eigenvalue weighted by atomic mass is 32.2. The highest BCUT2D eigenvalue weighted by Gasteiger charge is 2.26. The molecule has 1 amide bonds. The molecule has 27 heavy (non-hydrogen) atoms. The number of aliphatic imine (C=N–C) groups is 1. The number of amides is 1. The van der Waals surface area contributed by atoms with Crippen molar-refractivity contribution >= 4 is 28.9 Å². The molecule has 0 bridgehead atoms. The third kappa shape index (κ3) is 4.71. The number of hydrogen-bond donors (Lipinski definition) is 1. The molecule has 1 aromatic rings. The first-order valence-electron chi connectivity index (χ1n) is 8.49. The second-order valence-corrected chi connectivity index (χ2v) is 7.10. The van der Waals surface area contributed by atoms with Crippen LogP contribution in [-0.4, -0.2) is 37.9 Å². The molecule has 9 heteroatoms. The number of carbonyl (C=O) groups excluding carboxylic acids is 1. The van der Waals surface area contributed by atoms with Crippen LogP contribution in [0.15, 0.2) is 22.0 Å². The van der Waals surface area contributed by atoms with Crippen molar-refractivity contribution in [2.24, 2.45) is 4.99 Å². The standard InChI is InChI=1S/C18H20F2N2O4S/c1-24-12-7-10(8-13(25-2)15(12)26-17(19)20)9-14-16(23)22-18(27-14)21-11-5-3-4-6-11/h7-9,11,17H,3-6H2,1-2H3,(H,21,22,23)/b14-9-. The molecule has 0 unspecified atom stereocenters. The number of nitrogens with one attached hydrogen (secondary N) is 1. The van der Waals surface area contributed by atoms with Crippen molar-refractivity contribution in [1.29, 1.82) is 0 Å². The molecule has 1 saturated carbocycles. The molecular formula is C18H20F2N2O4S. The lowest BCUT2D eigenvalue weighted by Gasteiger charge is -2.14. The fraction of sp³-hybridized carbons (Fsp3) is 0.444. The fourth-order valence-electron chi connectivity index (χ4n) is 3.03. The highest BCUT2D eigenvalue weighted by molar-refractivity contribution is 8.18. The molecule has 1 N–H and O–H groups in total. The number of halogens is 2. The van der Waals surface area contributed by atoms with Gasteiger partial charge in [0.25, 0.3) is 5.91 Å². The SMILES string of the molecule is COc1cc(/C=C2\SC(=NC3CCCC3)NC2=O)cc(OC)c1OC(F)F. The zero-order chi connectivity index (χ0) is 19.4. The molecule has 1 aliphatic heterocycles. The Morgan fingerprint density at radius 2 is 1.85 bits per heavy atom. The van der Waals surface area contributed by atoms with Crippen molar-refractivity contribution in [2.45, 2.75) is 38.3 Å². The highest BCUT2D eigenvalue weighted by Crippen LogP contribution is 2.40. The van der Waals surface area contributed by atoms with E-state index < -0.39 is 6.61 Å². The number of rotatable bonds is 6. The molecule has 1 saturated heterocycles. The molecule has 1 heterocycles. The Kier molecular flexibility index (Phi) is 6.20. The summed E-state index contributed by atoms with van der Waals surface area (Å²) in [5.41, 5.74) is 0.560. The van der Waals surface area contributed by atoms with Gasteiger partial charge in [0.05, 0.1) is 25.2 Å². The Balaban J connectivity index is 1.86. The van der Waals surface area contributed by atoms with Gasteiger partial charge in [-0.3, -0.25) is 9.79 Å². The van der Waals surface area contributed by atoms with E-state index >= 15 is 0 Å². The summed E-state index contributed by atoms with van der Waals surface area (Å²) in [6, 6.07) is 3.28. The lowest BCUT2D eigenvalue weighted by molar-refractivity contribution is -0.115. The van der Waals surface area contributed by atoms with Gasteiger partial charge in [-0.1, -0.05) is 12.8 Å². The normalized spacial score (nSPS) is 20.6. The first kappa shape index (κ1) is 19.5. The lowest BCUT2D eigenvalue weighted by Crippen LogP contribution is -2.21. The molecule has 0 spiro atoms. The van der Waals surface area contributed by atoms with Crippen LogP contribution in [0.1, 0.15) is 31.2 Å². The average Bonchev–Trinajstić information content (AvgIpc) is 3.25. The molecule has 0 atom stereocenters. The number of alkyl halides is 2. The predicted molar refractivity (Wildman–Crippen MR) is 99.6 cm³/mol. The van der Waals surface area contributed by atoms with Gasteiger partial charge in [0.1, 0.15) is 0 Å². The van der Waals surface area contributed by atoms with Gasteiger partial charge in [0.15, 0.2) is 16.7 Å². The molecule has 0 radical (unpaired) electrons. The lowest BCUT2D eigenvalue weighted by atomic mass is 10.1. The number of ether oxygens (including phenoxy) is 3. The molecule has 1 aromatic carbocycles. The van der Waals surface area contributed by atoms with Crippen LogP contribution in [0.2, 0.25) is 0 Å². The van der Waals surface area contributed by atoms with Gasteiger partial charge in [-0.05, 0) is 48.4 Å². The van der Waals surface area contributed by atoms with Crippen LogP contribution in [-0.2, 0) is 4.79 Å². The largest absolute Gasteiger partial charge is 0.493 e. The number of carbonyl (C=O) groups is 1. The van der Waals surface area contributed by atoms with E-state index in [1.807, 2.05) is 0 Å². The van der Waals surface area contributed by atoms with E-state index in [-0.39, 0.29) is 29.2 Å². The van der Waals surface area contributed by atoms with Crippen LogP contribution < -0.4 is 19.5 Å². The summed E-state index contributed by atoms with van der Waals surface area (Å²) in [6.07, 6.45) is 6.04. The maximum Gasteiger partial charge on any atom is 0.387 e. The zero-order valence-corrected chi connectivity index (χ0v) is 15.8. The molecule has 3 rings (SSSR count). The maximum absolute atomic E-state index is 12.6. The van der Waals surface area contributed by atoms with Crippen LogP contribution in [0.5, 0.6) is 17.2 Å². The van der Waals surface area contributed by atoms with E-state index in [1.165, 1.54) is 38.1 Å². The van der Waals surface area contributed by atoms with Gasteiger partial charge in [-0.15, -0.1) is 0 Å². The smallest absolute Gasteiger partial charge is 0.387 e. The first-order valence-corrected chi connectivity index (χ1v) is 9.31. The van der Waals surface area contributed by atoms with E-state index in [4.69, 9.17) is 9.47 Å². The molecule has 0 aromatic heterocycles. The van der Waals surface area contributed by atoms with Crippen molar-refractivity contribution < 1.29 is 27.8 Å². The predicted octanol–water partition coefficient (Wildman–Crippen LogP) is 3.81. The zero-order valence-electron chi connectivity index (χ0n) is 15.0. The van der Waals surface area contributed by atoms with E-state index in [0.29, 0.717) is 15.6 Å². The minimum absolute atomic E-state index is 0.0877. The second kappa shape index (κ2) is 8.60. The Morgan fingerprint density at radius 1 is 1.22 bits per heavy atom. The summed E-state index contributed by atoms with van der Waals surface area (Å²) in [5.74, 6) is -0.263. The van der Waals surface area contributed by atoms with Crippen LogP contribution in [0.4, 0.5) is 8.78 Å². The quantitative estimate of drug-likeness (QED) is 0.738. The molecular weight excluding hydrogens is 378 g/mol. The van der Waals surface area contributed by atoms with Crippen molar-refractivity contribution in [3.05, 3.63) is 22.6 Å². The molecule has 6 nitrogen and oxygen atoms in total. The van der Waals surface area contributed by atoms with Gasteiger partial charge in [-0.2, -0.15) is 8.78 Å². The van der Waals surface area contributed by atoms with Crippen LogP contribution in [0, 0.1) is 0 Å². The second-order valence-electron chi connectivity index (χ2n) is 6.07. The Bertz CT molecular complexity index is 752. The van der Waals surface area contributed by atoms with E-state index in [0.717, 1.165) is 25.7 Å². The van der Waals surface area contributed by atoms with Gasteiger partial charge in [0.2, 0.25) is 5.75 Å². The summed E-state index contributed by atoms with van der Waals surface area (Å²) < 4.78 is 40.0. The van der Waals surface area contributed by atoms with Crippen molar-refractivity contribution in [2.75, 3.05) is 14.2 Å². The minimum Gasteiger partial charge on any atom is -0.493 e. The summed E-state index contributed by atoms with van der Waals surface area (Å²) in [5, 5.41) is 3.36. The van der Waals surface area contributed by atoms with E-state index in [2.05, 4.69) is 15.0 Å². The number of hydrogen-bond acceptors (Lipinski definition) is 6. The average molecular weight is 398 g/mol. The number of amidine groups is 1. The molecule has 1 aliphatic carbocycles. The van der Waals surface area contributed by atoms with E-state index in [9.17, 15) is 13.6 Å². The summed E-state index contributed by atoms with van der Waals surface area (Å²) in [4.78, 5) is 17.3. The maximum atomic E-state index is 12.6. The van der Waals surface area contributed by atoms with Gasteiger partial charge < -0.3 is 19.5 Å². The third-order valence-corrected chi connectivity index (χ3v) is 5.19. The molecule has 2 aliphatic rings. The first-order chi connectivity index (χ1) is 13.0. The number of thioether (sulfide) groups is 1. The monoisotopic (exact) mass is 398 g/mol. The summed E-state index contributed by atoms with van der Waals surface area (Å²) in [6.45, 7) is -3.01. The summed E-state index contributed by atoms with van der Waals surface area (Å²) >= 11 is 1.26. The van der Waals surface area contributed by atoms with Gasteiger partial charge in [-0.25, -0.2) is 0 Å². The number of methoxy groups -OCH3 is 2. The Morgan fingerprint density at radius 3 is 2.41 bits per heavy atom. The van der Waals surface area contributed by atoms with Crippen molar-refractivity contribution in [3.63, 3.8) is 0 Å². The topological polar surface area (TPSA) is 69.2 Å². The summed E-state index contributed by atoms with van der Waals surface area (Å²) in [7, 11) is 2.68. The molecule has 2 fully saturated rings. The fourth-order valence-corrected chi connectivity index (χ4v) is 3.92. The third-order valence-electron chi connectivity index (χ3n) is 4.26. The van der Waals surface area contributed by atoms with Crippen molar-refractivity contribution in [3.8, 4) is 17.2 Å². The van der Waals surface area contributed by atoms with Crippen LogP contribution in [0.3, 0.4) is 0 Å². The van der Waals surface area contributed by atoms with Crippen LogP contribution >= 0.6 is 11.8 Å². The van der Waals surface area contributed by atoms with Crippen LogP contribution in [0.25, 0.3) is 6.08 Å². The van der Waals surface area contributed by atoms with Gasteiger partial charge >= 0.3 is 6.61 Å². The van der Waals surface area contributed by atoms with E-state index in [1.54, 1.807) is 6.08 Å². The number of nitrogens with zero attached hydrogens (tertiary/aromatic N) is 1. The molecule has 146 valence electrons. The van der Waals surface area contributed by atoms with Crippen molar-refractivity contribution in [1.82, 2.24) is 5.32 Å². The number of benzene rings is 1.